The van der Waals surface area contributed by atoms with Gasteiger partial charge in [-0.25, -0.2) is 4.98 Å². The molecular weight excluding hydrogens is 729 g/mol. The largest absolute Gasteiger partial charge is 0.456 e. The van der Waals surface area contributed by atoms with Crippen molar-refractivity contribution >= 4 is 93.3 Å². The van der Waals surface area contributed by atoms with Gasteiger partial charge in [-0.05, 0) is 93.7 Å². The minimum Gasteiger partial charge on any atom is -0.456 e. The number of hydrogen-bond acceptors (Lipinski definition) is 5. The third-order valence-electron chi connectivity index (χ3n) is 11.3. The van der Waals surface area contributed by atoms with Gasteiger partial charge in [-0.15, -0.1) is 11.3 Å². The van der Waals surface area contributed by atoms with Crippen molar-refractivity contribution in [2.45, 2.75) is 0 Å². The molecule has 3 aromatic heterocycles. The SMILES string of the molecule is c1ccc(-c2nc3ccc4oc5ccc(-c6ccc(N(c7ccc(-c8cccc9ccccc89)cc7)c7cccc8c7oc7ccccc78)cc6)cc5c4c3s2)cc1. The predicted octanol–water partition coefficient (Wildman–Crippen LogP) is 15.7. The van der Waals surface area contributed by atoms with Gasteiger partial charge in [-0.1, -0.05) is 133 Å². The highest BCUT2D eigenvalue weighted by Gasteiger charge is 2.21. The molecule has 0 aliphatic heterocycles. The Balaban J connectivity index is 0.970. The fourth-order valence-corrected chi connectivity index (χ4v) is 9.66. The lowest BCUT2D eigenvalue weighted by atomic mass is 9.98. The maximum absolute atomic E-state index is 6.61. The Morgan fingerprint density at radius 1 is 0.431 bits per heavy atom. The van der Waals surface area contributed by atoms with Gasteiger partial charge >= 0.3 is 0 Å². The first-order chi connectivity index (χ1) is 28.7. The fraction of sp³-hybridized carbons (Fsp3) is 0. The van der Waals surface area contributed by atoms with Crippen molar-refractivity contribution < 1.29 is 8.83 Å². The van der Waals surface area contributed by atoms with Crippen LogP contribution >= 0.6 is 11.3 Å². The van der Waals surface area contributed by atoms with Crippen LogP contribution in [0.4, 0.5) is 17.1 Å². The minimum absolute atomic E-state index is 0.855. The molecular formula is C53H32N2O2S. The Labute approximate surface area is 337 Å². The molecule has 0 saturated carbocycles. The Kier molecular flexibility index (Phi) is 7.37. The quantitative estimate of drug-likeness (QED) is 0.169. The van der Waals surface area contributed by atoms with E-state index in [1.807, 2.05) is 24.3 Å². The van der Waals surface area contributed by atoms with Gasteiger partial charge in [0, 0.05) is 38.5 Å². The number of fused-ring (bicyclic) bond motifs is 9. The molecule has 12 aromatic rings. The van der Waals surface area contributed by atoms with Crippen LogP contribution in [0.15, 0.2) is 203 Å². The van der Waals surface area contributed by atoms with E-state index in [-0.39, 0.29) is 0 Å². The number of furan rings is 2. The topological polar surface area (TPSA) is 42.4 Å². The molecule has 3 heterocycles. The van der Waals surface area contributed by atoms with Crippen molar-refractivity contribution in [3.8, 4) is 32.8 Å². The zero-order valence-corrected chi connectivity index (χ0v) is 31.9. The van der Waals surface area contributed by atoms with Gasteiger partial charge in [0.1, 0.15) is 21.8 Å². The molecule has 272 valence electrons. The molecule has 0 unspecified atom stereocenters. The molecule has 9 aromatic carbocycles. The predicted molar refractivity (Wildman–Crippen MR) is 243 cm³/mol. The summed E-state index contributed by atoms with van der Waals surface area (Å²) in [5.41, 5.74) is 13.3. The van der Waals surface area contributed by atoms with Crippen LogP contribution in [0.25, 0.3) is 97.7 Å². The first-order valence-corrected chi connectivity index (χ1v) is 20.3. The van der Waals surface area contributed by atoms with Gasteiger partial charge in [-0.3, -0.25) is 0 Å². The van der Waals surface area contributed by atoms with Gasteiger partial charge in [0.05, 0.1) is 15.9 Å². The monoisotopic (exact) mass is 760 g/mol. The van der Waals surface area contributed by atoms with Crippen molar-refractivity contribution in [1.82, 2.24) is 4.98 Å². The second-order valence-corrected chi connectivity index (χ2v) is 15.7. The molecule has 5 heteroatoms. The van der Waals surface area contributed by atoms with Crippen LogP contribution < -0.4 is 4.90 Å². The zero-order valence-electron chi connectivity index (χ0n) is 31.1. The van der Waals surface area contributed by atoms with Gasteiger partial charge in [0.25, 0.3) is 0 Å². The molecule has 0 radical (unpaired) electrons. The molecule has 0 fully saturated rings. The smallest absolute Gasteiger partial charge is 0.159 e. The Morgan fingerprint density at radius 3 is 1.93 bits per heavy atom. The van der Waals surface area contributed by atoms with Crippen LogP contribution in [-0.4, -0.2) is 4.98 Å². The summed E-state index contributed by atoms with van der Waals surface area (Å²) in [4.78, 5) is 7.31. The molecule has 0 bridgehead atoms. The molecule has 0 amide bonds. The summed E-state index contributed by atoms with van der Waals surface area (Å²) in [5, 5.41) is 7.89. The highest BCUT2D eigenvalue weighted by molar-refractivity contribution is 7.22. The second kappa shape index (κ2) is 13.1. The number of anilines is 3. The maximum Gasteiger partial charge on any atom is 0.159 e. The van der Waals surface area contributed by atoms with Crippen molar-refractivity contribution in [3.63, 3.8) is 0 Å². The van der Waals surface area contributed by atoms with Gasteiger partial charge in [0.2, 0.25) is 0 Å². The highest BCUT2D eigenvalue weighted by atomic mass is 32.1. The lowest BCUT2D eigenvalue weighted by molar-refractivity contribution is 0.669. The fourth-order valence-electron chi connectivity index (χ4n) is 8.54. The molecule has 0 N–H and O–H groups in total. The molecule has 12 rings (SSSR count). The highest BCUT2D eigenvalue weighted by Crippen LogP contribution is 2.44. The molecule has 58 heavy (non-hydrogen) atoms. The van der Waals surface area contributed by atoms with E-state index in [9.17, 15) is 0 Å². The normalized spacial score (nSPS) is 11.8. The van der Waals surface area contributed by atoms with Crippen LogP contribution in [0.2, 0.25) is 0 Å². The van der Waals surface area contributed by atoms with Gasteiger partial charge in [0.15, 0.2) is 5.58 Å². The summed E-state index contributed by atoms with van der Waals surface area (Å²) in [7, 11) is 0. The van der Waals surface area contributed by atoms with E-state index in [2.05, 4.69) is 175 Å². The van der Waals surface area contributed by atoms with E-state index in [0.717, 1.165) is 92.9 Å². The Bertz CT molecular complexity index is 3500. The lowest BCUT2D eigenvalue weighted by Gasteiger charge is -2.26. The Morgan fingerprint density at radius 2 is 1.09 bits per heavy atom. The van der Waals surface area contributed by atoms with E-state index in [1.54, 1.807) is 11.3 Å². The summed E-state index contributed by atoms with van der Waals surface area (Å²) in [6.07, 6.45) is 0. The average molecular weight is 761 g/mol. The van der Waals surface area contributed by atoms with Crippen LogP contribution in [-0.2, 0) is 0 Å². The van der Waals surface area contributed by atoms with Crippen molar-refractivity contribution in [1.29, 1.82) is 0 Å². The number of aromatic nitrogens is 1. The second-order valence-electron chi connectivity index (χ2n) is 14.7. The Hall–Kier alpha value is -7.47. The molecule has 0 aliphatic carbocycles. The number of rotatable bonds is 6. The zero-order chi connectivity index (χ0) is 38.2. The van der Waals surface area contributed by atoms with Crippen LogP contribution in [0.5, 0.6) is 0 Å². The van der Waals surface area contributed by atoms with E-state index < -0.39 is 0 Å². The van der Waals surface area contributed by atoms with E-state index >= 15 is 0 Å². The summed E-state index contributed by atoms with van der Waals surface area (Å²) in [5.74, 6) is 0. The van der Waals surface area contributed by atoms with Crippen LogP contribution in [0.1, 0.15) is 0 Å². The summed E-state index contributed by atoms with van der Waals surface area (Å²) < 4.78 is 14.1. The molecule has 0 spiro atoms. The third kappa shape index (κ3) is 5.25. The molecule has 0 atom stereocenters. The number of benzene rings is 9. The standard InChI is InChI=1S/C53H32N2O2S/c1-2-11-36(12-3-1)53-54-45-29-31-49-50(52(45)58-53)44-32-37(24-30-48(44)56-49)33-20-25-38(26-21-33)55(46-18-9-17-43-42-15-6-7-19-47(42)57-51(43)46)39-27-22-35(23-28-39)41-16-8-13-34-10-4-5-14-40(34)41/h1-32H. The van der Waals surface area contributed by atoms with Crippen LogP contribution in [0, 0.1) is 0 Å². The third-order valence-corrected chi connectivity index (χ3v) is 12.5. The number of nitrogens with zero attached hydrogens (tertiary/aromatic N) is 2. The maximum atomic E-state index is 6.61. The molecule has 0 saturated heterocycles. The number of para-hydroxylation sites is 2. The van der Waals surface area contributed by atoms with Gasteiger partial charge in [-0.2, -0.15) is 0 Å². The van der Waals surface area contributed by atoms with E-state index in [1.165, 1.54) is 21.9 Å². The van der Waals surface area contributed by atoms with E-state index in [0.29, 0.717) is 0 Å². The van der Waals surface area contributed by atoms with Gasteiger partial charge < -0.3 is 13.7 Å². The molecule has 0 aliphatic rings. The van der Waals surface area contributed by atoms with E-state index in [4.69, 9.17) is 13.8 Å². The number of thiazole rings is 1. The van der Waals surface area contributed by atoms with Crippen LogP contribution in [0.3, 0.4) is 0 Å². The van der Waals surface area contributed by atoms with Crippen molar-refractivity contribution in [2.24, 2.45) is 0 Å². The molecule has 4 nitrogen and oxygen atoms in total. The first-order valence-electron chi connectivity index (χ1n) is 19.4. The lowest BCUT2D eigenvalue weighted by Crippen LogP contribution is -2.10. The minimum atomic E-state index is 0.855. The number of hydrogen-bond donors (Lipinski definition) is 0. The summed E-state index contributed by atoms with van der Waals surface area (Å²) >= 11 is 1.72. The summed E-state index contributed by atoms with van der Waals surface area (Å²) in [6, 6.07) is 68.5. The van der Waals surface area contributed by atoms with Crippen molar-refractivity contribution in [2.75, 3.05) is 4.90 Å². The summed E-state index contributed by atoms with van der Waals surface area (Å²) in [6.45, 7) is 0. The van der Waals surface area contributed by atoms with Crippen molar-refractivity contribution in [3.05, 3.63) is 194 Å². The first kappa shape index (κ1) is 32.7. The average Bonchev–Trinajstić information content (AvgIpc) is 4.01.